The highest BCUT2D eigenvalue weighted by molar-refractivity contribution is 7.89. The third-order valence-corrected chi connectivity index (χ3v) is 7.60. The lowest BCUT2D eigenvalue weighted by molar-refractivity contribution is 0.306. The molecule has 1 aliphatic rings. The first-order chi connectivity index (χ1) is 15.5. The second-order valence-electron chi connectivity index (χ2n) is 8.02. The molecule has 1 aliphatic carbocycles. The standard InChI is InChI=1S/C26H27ClNO3S/c1-28-32(29,30)25-15-16-26(21-7-11-23(27)12-8-21)22(17-25)18-31-24-13-9-20(10-14-24)19-5-3-2-4-6-19/h5,7-17,19,28H,2-4,6,18H2,1H3. The van der Waals surface area contributed by atoms with Gasteiger partial charge in [-0.25, -0.2) is 13.1 Å². The van der Waals surface area contributed by atoms with Crippen molar-refractivity contribution in [3.05, 3.63) is 89.3 Å². The largest absolute Gasteiger partial charge is 0.489 e. The van der Waals surface area contributed by atoms with Crippen LogP contribution in [-0.4, -0.2) is 15.5 Å². The van der Waals surface area contributed by atoms with Gasteiger partial charge in [0.25, 0.3) is 0 Å². The second kappa shape index (κ2) is 10.1. The van der Waals surface area contributed by atoms with Crippen molar-refractivity contribution >= 4 is 21.6 Å². The van der Waals surface area contributed by atoms with Crippen molar-refractivity contribution in [2.24, 2.45) is 0 Å². The molecule has 1 saturated carbocycles. The van der Waals surface area contributed by atoms with Crippen LogP contribution in [0.5, 0.6) is 5.75 Å². The van der Waals surface area contributed by atoms with Crippen LogP contribution in [-0.2, 0) is 16.6 Å². The van der Waals surface area contributed by atoms with Gasteiger partial charge in [-0.1, -0.05) is 54.8 Å². The van der Waals surface area contributed by atoms with Gasteiger partial charge in [0.2, 0.25) is 10.0 Å². The number of hydrogen-bond donors (Lipinski definition) is 1. The molecule has 0 aromatic heterocycles. The van der Waals surface area contributed by atoms with Crippen LogP contribution in [0.3, 0.4) is 0 Å². The molecule has 0 bridgehead atoms. The number of hydrogen-bond acceptors (Lipinski definition) is 3. The molecule has 167 valence electrons. The fourth-order valence-electron chi connectivity index (χ4n) is 4.11. The van der Waals surface area contributed by atoms with Gasteiger partial charge >= 0.3 is 0 Å². The molecule has 1 fully saturated rings. The van der Waals surface area contributed by atoms with Crippen LogP contribution in [0.15, 0.2) is 71.6 Å². The Labute approximate surface area is 195 Å². The lowest BCUT2D eigenvalue weighted by Crippen LogP contribution is -2.19. The number of nitrogens with one attached hydrogen (secondary N) is 1. The van der Waals surface area contributed by atoms with Crippen LogP contribution in [0.4, 0.5) is 0 Å². The summed E-state index contributed by atoms with van der Waals surface area (Å²) in [4.78, 5) is 0.208. The molecule has 1 N–H and O–H groups in total. The van der Waals surface area contributed by atoms with Gasteiger partial charge in [-0.2, -0.15) is 0 Å². The number of halogens is 1. The molecule has 1 radical (unpaired) electrons. The molecule has 0 saturated heterocycles. The molecule has 4 nitrogen and oxygen atoms in total. The summed E-state index contributed by atoms with van der Waals surface area (Å²) in [6.07, 6.45) is 7.36. The number of sulfonamides is 1. The maximum absolute atomic E-state index is 12.3. The van der Waals surface area contributed by atoms with Crippen LogP contribution in [0.25, 0.3) is 11.1 Å². The summed E-state index contributed by atoms with van der Waals surface area (Å²) in [6.45, 7) is 0.250. The maximum Gasteiger partial charge on any atom is 0.240 e. The van der Waals surface area contributed by atoms with E-state index in [1.54, 1.807) is 12.1 Å². The Bertz CT molecular complexity index is 1150. The molecule has 3 aromatic rings. The quantitative estimate of drug-likeness (QED) is 0.439. The van der Waals surface area contributed by atoms with E-state index in [1.165, 1.54) is 38.3 Å². The lowest BCUT2D eigenvalue weighted by atomic mass is 9.84. The van der Waals surface area contributed by atoms with Gasteiger partial charge in [-0.05, 0) is 90.9 Å². The maximum atomic E-state index is 12.3. The molecule has 1 unspecified atom stereocenters. The minimum absolute atomic E-state index is 0.208. The molecule has 3 aromatic carbocycles. The van der Waals surface area contributed by atoms with E-state index in [0.717, 1.165) is 22.4 Å². The second-order valence-corrected chi connectivity index (χ2v) is 10.3. The summed E-state index contributed by atoms with van der Waals surface area (Å²) in [5.41, 5.74) is 3.96. The van der Waals surface area contributed by atoms with Crippen molar-refractivity contribution in [3.63, 3.8) is 0 Å². The first-order valence-corrected chi connectivity index (χ1v) is 12.7. The van der Waals surface area contributed by atoms with Gasteiger partial charge in [0.15, 0.2) is 0 Å². The summed E-state index contributed by atoms with van der Waals surface area (Å²) < 4.78 is 33.1. The van der Waals surface area contributed by atoms with Crippen molar-refractivity contribution in [3.8, 4) is 16.9 Å². The van der Waals surface area contributed by atoms with E-state index in [2.05, 4.69) is 23.3 Å². The van der Waals surface area contributed by atoms with Crippen molar-refractivity contribution in [2.45, 2.75) is 43.1 Å². The molecule has 0 amide bonds. The van der Waals surface area contributed by atoms with E-state index in [-0.39, 0.29) is 11.5 Å². The molecule has 0 aliphatic heterocycles. The van der Waals surface area contributed by atoms with Crippen molar-refractivity contribution in [2.75, 3.05) is 7.05 Å². The summed E-state index contributed by atoms with van der Waals surface area (Å²) in [7, 11) is -2.15. The van der Waals surface area contributed by atoms with E-state index < -0.39 is 10.0 Å². The predicted molar refractivity (Wildman–Crippen MR) is 129 cm³/mol. The van der Waals surface area contributed by atoms with Crippen molar-refractivity contribution in [1.29, 1.82) is 0 Å². The topological polar surface area (TPSA) is 55.4 Å². The van der Waals surface area contributed by atoms with Gasteiger partial charge in [0.1, 0.15) is 12.4 Å². The molecule has 6 heteroatoms. The van der Waals surface area contributed by atoms with Crippen molar-refractivity contribution in [1.82, 2.24) is 4.72 Å². The molecule has 0 spiro atoms. The average Bonchev–Trinajstić information content (AvgIpc) is 2.84. The van der Waals surface area contributed by atoms with Crippen molar-refractivity contribution < 1.29 is 13.2 Å². The average molecular weight is 469 g/mol. The first kappa shape index (κ1) is 22.8. The number of ether oxygens (including phenoxy) is 1. The van der Waals surface area contributed by atoms with Crippen LogP contribution in [0, 0.1) is 6.42 Å². The summed E-state index contributed by atoms with van der Waals surface area (Å²) in [5, 5.41) is 0.649. The van der Waals surface area contributed by atoms with Gasteiger partial charge in [-0.15, -0.1) is 0 Å². The minimum atomic E-state index is -3.56. The highest BCUT2D eigenvalue weighted by Gasteiger charge is 2.17. The fraction of sp³-hybridized carbons (Fsp3) is 0.269. The predicted octanol–water partition coefficient (Wildman–Crippen LogP) is 6.36. The number of benzene rings is 3. The molecule has 0 heterocycles. The van der Waals surface area contributed by atoms with E-state index in [9.17, 15) is 8.42 Å². The van der Waals surface area contributed by atoms with E-state index in [4.69, 9.17) is 16.3 Å². The van der Waals surface area contributed by atoms with E-state index in [1.807, 2.05) is 42.5 Å². The zero-order chi connectivity index (χ0) is 22.6. The Balaban J connectivity index is 1.58. The molecular formula is C26H27ClNO3S. The molecule has 4 rings (SSSR count). The Hall–Kier alpha value is -2.34. The van der Waals surface area contributed by atoms with Crippen LogP contribution >= 0.6 is 11.6 Å². The third-order valence-electron chi connectivity index (χ3n) is 5.93. The molecule has 32 heavy (non-hydrogen) atoms. The summed E-state index contributed by atoms with van der Waals surface area (Å²) >= 11 is 6.04. The SMILES string of the molecule is CNS(=O)(=O)c1ccc(-c2ccc(Cl)cc2)c(COc2ccc(C3[CH]CCCC3)cc2)c1. The zero-order valence-electron chi connectivity index (χ0n) is 18.1. The number of rotatable bonds is 7. The van der Waals surface area contributed by atoms with E-state index >= 15 is 0 Å². The van der Waals surface area contributed by atoms with Gasteiger partial charge in [0.05, 0.1) is 4.90 Å². The van der Waals surface area contributed by atoms with Gasteiger partial charge in [0, 0.05) is 5.02 Å². The Morgan fingerprint density at radius 3 is 2.41 bits per heavy atom. The third kappa shape index (κ3) is 5.34. The normalized spacial score (nSPS) is 14.9. The highest BCUT2D eigenvalue weighted by atomic mass is 35.5. The van der Waals surface area contributed by atoms with Crippen LogP contribution in [0.1, 0.15) is 42.7 Å². The minimum Gasteiger partial charge on any atom is -0.489 e. The summed E-state index contributed by atoms with van der Waals surface area (Å²) in [5.74, 6) is 1.28. The lowest BCUT2D eigenvalue weighted by Gasteiger charge is -2.21. The monoisotopic (exact) mass is 468 g/mol. The highest BCUT2D eigenvalue weighted by Crippen LogP contribution is 2.33. The van der Waals surface area contributed by atoms with E-state index in [0.29, 0.717) is 10.9 Å². The Morgan fingerprint density at radius 1 is 1.00 bits per heavy atom. The first-order valence-electron chi connectivity index (χ1n) is 10.8. The van der Waals surface area contributed by atoms with Gasteiger partial charge in [-0.3, -0.25) is 0 Å². The fourth-order valence-corrected chi connectivity index (χ4v) is 5.01. The van der Waals surface area contributed by atoms with Crippen LogP contribution < -0.4 is 9.46 Å². The Kier molecular flexibility index (Phi) is 7.19. The molecule has 1 atom stereocenters. The summed E-state index contributed by atoms with van der Waals surface area (Å²) in [6, 6.07) is 20.8. The smallest absolute Gasteiger partial charge is 0.240 e. The van der Waals surface area contributed by atoms with Gasteiger partial charge < -0.3 is 4.74 Å². The van der Waals surface area contributed by atoms with Crippen LogP contribution in [0.2, 0.25) is 5.02 Å². The Morgan fingerprint density at radius 2 is 1.75 bits per heavy atom. The molecular weight excluding hydrogens is 442 g/mol. The zero-order valence-corrected chi connectivity index (χ0v) is 19.6.